The second-order valence-electron chi connectivity index (χ2n) is 3.86. The molecule has 1 aromatic rings. The number of rotatable bonds is 9. The highest BCUT2D eigenvalue weighted by molar-refractivity contribution is 7.98. The van der Waals surface area contributed by atoms with Gasteiger partial charge < -0.3 is 10.1 Å². The van der Waals surface area contributed by atoms with Crippen LogP contribution in [0.1, 0.15) is 18.4 Å². The molecule has 0 radical (unpaired) electrons. The van der Waals surface area contributed by atoms with Gasteiger partial charge in [-0.15, -0.1) is 0 Å². The van der Waals surface area contributed by atoms with Gasteiger partial charge in [0.15, 0.2) is 0 Å². The van der Waals surface area contributed by atoms with Crippen molar-refractivity contribution in [2.75, 3.05) is 18.6 Å². The van der Waals surface area contributed by atoms with Crippen LogP contribution in [0.15, 0.2) is 24.3 Å². The molecular weight excluding hydrogens is 256 g/mol. The highest BCUT2D eigenvalue weighted by Crippen LogP contribution is 2.19. The predicted octanol–water partition coefficient (Wildman–Crippen LogP) is 3.52. The van der Waals surface area contributed by atoms with Crippen molar-refractivity contribution in [2.24, 2.45) is 0 Å². The first-order valence-corrected chi connectivity index (χ1v) is 7.36. The molecule has 0 heterocycles. The Morgan fingerprint density at radius 2 is 2.06 bits per heavy atom. The van der Waals surface area contributed by atoms with Gasteiger partial charge in [0.25, 0.3) is 0 Å². The first-order chi connectivity index (χ1) is 8.74. The second kappa shape index (κ2) is 9.16. The minimum Gasteiger partial charge on any atom is -0.434 e. The van der Waals surface area contributed by atoms with Gasteiger partial charge in [0.05, 0.1) is 0 Å². The van der Waals surface area contributed by atoms with E-state index in [4.69, 9.17) is 0 Å². The summed E-state index contributed by atoms with van der Waals surface area (Å²) >= 11 is 1.83. The van der Waals surface area contributed by atoms with Gasteiger partial charge in [0, 0.05) is 12.1 Å². The molecule has 18 heavy (non-hydrogen) atoms. The monoisotopic (exact) mass is 275 g/mol. The molecule has 0 fully saturated rings. The van der Waals surface area contributed by atoms with E-state index >= 15 is 0 Å². The van der Waals surface area contributed by atoms with Crippen LogP contribution in [0.4, 0.5) is 8.78 Å². The molecule has 0 saturated carbocycles. The number of hydrogen-bond donors (Lipinski definition) is 1. The van der Waals surface area contributed by atoms with Gasteiger partial charge in [-0.25, -0.2) is 0 Å². The lowest BCUT2D eigenvalue weighted by molar-refractivity contribution is -0.0504. The summed E-state index contributed by atoms with van der Waals surface area (Å²) in [6, 6.07) is 6.88. The van der Waals surface area contributed by atoms with Crippen molar-refractivity contribution < 1.29 is 13.5 Å². The molecular formula is C13H19F2NOS. The second-order valence-corrected chi connectivity index (χ2v) is 4.85. The molecule has 1 rings (SSSR count). The van der Waals surface area contributed by atoms with Gasteiger partial charge in [-0.3, -0.25) is 0 Å². The third kappa shape index (κ3) is 6.21. The molecule has 0 bridgehead atoms. The van der Waals surface area contributed by atoms with Crippen LogP contribution in [-0.4, -0.2) is 25.2 Å². The Bertz CT molecular complexity index is 337. The van der Waals surface area contributed by atoms with Crippen molar-refractivity contribution in [3.05, 3.63) is 29.8 Å². The summed E-state index contributed by atoms with van der Waals surface area (Å²) < 4.78 is 28.8. The third-order valence-corrected chi connectivity index (χ3v) is 3.15. The van der Waals surface area contributed by atoms with Crippen LogP contribution in [0.3, 0.4) is 0 Å². The Morgan fingerprint density at radius 1 is 1.28 bits per heavy atom. The number of halogens is 2. The fourth-order valence-corrected chi connectivity index (χ4v) is 2.07. The van der Waals surface area contributed by atoms with Gasteiger partial charge in [0.1, 0.15) is 5.75 Å². The Hall–Kier alpha value is -0.810. The van der Waals surface area contributed by atoms with Gasteiger partial charge >= 0.3 is 6.61 Å². The normalized spacial score (nSPS) is 10.9. The summed E-state index contributed by atoms with van der Waals surface area (Å²) in [6.07, 6.45) is 4.35. The van der Waals surface area contributed by atoms with E-state index in [-0.39, 0.29) is 5.75 Å². The summed E-state index contributed by atoms with van der Waals surface area (Å²) in [6.45, 7) is -1.32. The zero-order chi connectivity index (χ0) is 13.2. The highest BCUT2D eigenvalue weighted by Gasteiger charge is 2.08. The van der Waals surface area contributed by atoms with Gasteiger partial charge in [-0.1, -0.05) is 18.2 Å². The van der Waals surface area contributed by atoms with E-state index < -0.39 is 6.61 Å². The first kappa shape index (κ1) is 15.2. The highest BCUT2D eigenvalue weighted by atomic mass is 32.2. The maximum Gasteiger partial charge on any atom is 0.387 e. The average molecular weight is 275 g/mol. The van der Waals surface area contributed by atoms with Crippen LogP contribution < -0.4 is 10.1 Å². The zero-order valence-corrected chi connectivity index (χ0v) is 11.3. The molecule has 0 saturated heterocycles. The summed E-state index contributed by atoms with van der Waals surface area (Å²) in [5.74, 6) is 1.41. The van der Waals surface area contributed by atoms with Gasteiger partial charge in [-0.05, 0) is 37.5 Å². The summed E-state index contributed by atoms with van der Waals surface area (Å²) in [5, 5.41) is 3.24. The fraction of sp³-hybridized carbons (Fsp3) is 0.538. The lowest BCUT2D eigenvalue weighted by Crippen LogP contribution is -2.16. The van der Waals surface area contributed by atoms with Crippen LogP contribution >= 0.6 is 11.8 Å². The first-order valence-electron chi connectivity index (χ1n) is 5.96. The molecule has 0 atom stereocenters. The Kier molecular flexibility index (Phi) is 7.76. The lowest BCUT2D eigenvalue weighted by Gasteiger charge is -2.11. The Labute approximate surface area is 111 Å². The molecule has 0 amide bonds. The average Bonchev–Trinajstić information content (AvgIpc) is 2.35. The third-order valence-electron chi connectivity index (χ3n) is 2.46. The van der Waals surface area contributed by atoms with E-state index in [2.05, 4.69) is 16.3 Å². The maximum absolute atomic E-state index is 12.2. The molecule has 0 aliphatic rings. The number of ether oxygens (including phenoxy) is 1. The van der Waals surface area contributed by atoms with E-state index in [1.807, 2.05) is 17.8 Å². The number of nitrogens with one attached hydrogen (secondary N) is 1. The quantitative estimate of drug-likeness (QED) is 0.697. The summed E-state index contributed by atoms with van der Waals surface area (Å²) in [5.41, 5.74) is 0.766. The topological polar surface area (TPSA) is 21.3 Å². The molecule has 102 valence electrons. The summed E-state index contributed by atoms with van der Waals surface area (Å²) in [7, 11) is 0. The van der Waals surface area contributed by atoms with Crippen LogP contribution in [0, 0.1) is 0 Å². The van der Waals surface area contributed by atoms with Crippen molar-refractivity contribution in [3.63, 3.8) is 0 Å². The molecule has 1 N–H and O–H groups in total. The SMILES string of the molecule is CSCCCCNCc1ccccc1OC(F)F. The Balaban J connectivity index is 2.32. The summed E-state index contributed by atoms with van der Waals surface area (Å²) in [4.78, 5) is 0. The van der Waals surface area contributed by atoms with Crippen molar-refractivity contribution >= 4 is 11.8 Å². The van der Waals surface area contributed by atoms with Crippen molar-refractivity contribution in [1.29, 1.82) is 0 Å². The predicted molar refractivity (Wildman–Crippen MR) is 72.4 cm³/mol. The van der Waals surface area contributed by atoms with Crippen LogP contribution in [0.5, 0.6) is 5.75 Å². The minimum absolute atomic E-state index is 0.254. The molecule has 0 spiro atoms. The van der Waals surface area contributed by atoms with Crippen molar-refractivity contribution in [3.8, 4) is 5.75 Å². The molecule has 5 heteroatoms. The van der Waals surface area contributed by atoms with Gasteiger partial charge in [0.2, 0.25) is 0 Å². The number of unbranched alkanes of at least 4 members (excludes halogenated alkanes) is 1. The van der Waals surface area contributed by atoms with E-state index in [1.165, 1.54) is 6.42 Å². The van der Waals surface area contributed by atoms with E-state index in [9.17, 15) is 8.78 Å². The molecule has 0 aliphatic carbocycles. The zero-order valence-electron chi connectivity index (χ0n) is 10.5. The number of para-hydroxylation sites is 1. The van der Waals surface area contributed by atoms with Crippen molar-refractivity contribution in [2.45, 2.75) is 26.0 Å². The number of benzene rings is 1. The van der Waals surface area contributed by atoms with E-state index in [0.29, 0.717) is 6.54 Å². The largest absolute Gasteiger partial charge is 0.434 e. The molecule has 0 aromatic heterocycles. The smallest absolute Gasteiger partial charge is 0.387 e. The molecule has 2 nitrogen and oxygen atoms in total. The van der Waals surface area contributed by atoms with Crippen LogP contribution in [0.2, 0.25) is 0 Å². The van der Waals surface area contributed by atoms with Crippen LogP contribution in [0.25, 0.3) is 0 Å². The standard InChI is InChI=1S/C13H19F2NOS/c1-18-9-5-4-8-16-10-11-6-2-3-7-12(11)17-13(14)15/h2-3,6-7,13,16H,4-5,8-10H2,1H3. The van der Waals surface area contributed by atoms with Crippen LogP contribution in [-0.2, 0) is 6.54 Å². The molecule has 1 aromatic carbocycles. The fourth-order valence-electron chi connectivity index (χ4n) is 1.58. The number of thioether (sulfide) groups is 1. The van der Waals surface area contributed by atoms with Crippen molar-refractivity contribution in [1.82, 2.24) is 5.32 Å². The van der Waals surface area contributed by atoms with Gasteiger partial charge in [-0.2, -0.15) is 20.5 Å². The van der Waals surface area contributed by atoms with E-state index in [1.54, 1.807) is 18.2 Å². The molecule has 0 aliphatic heterocycles. The lowest BCUT2D eigenvalue weighted by atomic mass is 10.2. The number of alkyl halides is 2. The molecule has 0 unspecified atom stereocenters. The maximum atomic E-state index is 12.2. The van der Waals surface area contributed by atoms with E-state index in [0.717, 1.165) is 24.3 Å². The Morgan fingerprint density at radius 3 is 2.78 bits per heavy atom. The number of hydrogen-bond acceptors (Lipinski definition) is 3. The minimum atomic E-state index is -2.77.